The van der Waals surface area contributed by atoms with Crippen molar-refractivity contribution in [2.75, 3.05) is 0 Å². The molecule has 0 heterocycles. The van der Waals surface area contributed by atoms with E-state index < -0.39 is 11.8 Å². The fourth-order valence-electron chi connectivity index (χ4n) is 0.696. The Kier molecular flexibility index (Phi) is 1.32. The Morgan fingerprint density at radius 2 is 2.56 bits per heavy atom. The maximum Gasteiger partial charge on any atom is 0.224 e. The molecule has 1 aliphatic carbocycles. The van der Waals surface area contributed by atoms with Crippen molar-refractivity contribution in [2.24, 2.45) is 11.6 Å². The molecule has 2 N–H and O–H groups in total. The molecule has 1 atom stereocenters. The first-order chi connectivity index (χ1) is 4.65. The predicted octanol–water partition coefficient (Wildman–Crippen LogP) is 0.604. The summed E-state index contributed by atoms with van der Waals surface area (Å²) in [5.74, 6) is -1.79. The van der Waals surface area contributed by atoms with Gasteiger partial charge in [-0.2, -0.15) is 0 Å². The Hall–Kier alpha value is -1.05. The van der Waals surface area contributed by atoms with Gasteiger partial charge in [-0.25, -0.2) is 0 Å². The van der Waals surface area contributed by atoms with Crippen LogP contribution in [0.15, 0.2) is 24.3 Å². The smallest absolute Gasteiger partial charge is 0.224 e. The maximum absolute atomic E-state index is 10.6. The Balaban J connectivity index is 2.80. The van der Waals surface area contributed by atoms with Gasteiger partial charge >= 0.3 is 0 Å². The van der Waals surface area contributed by atoms with Crippen LogP contribution in [0.5, 0.6) is 0 Å². The first-order valence-corrected chi connectivity index (χ1v) is 2.79. The highest BCUT2D eigenvalue weighted by Crippen LogP contribution is 2.09. The molecule has 0 spiro atoms. The van der Waals surface area contributed by atoms with Gasteiger partial charge in [-0.3, -0.25) is 4.79 Å². The molecular formula is C7H9NO. The number of nitrogens with two attached hydrogens (primary N) is 1. The van der Waals surface area contributed by atoms with Crippen molar-refractivity contribution in [3.63, 3.8) is 0 Å². The lowest BCUT2D eigenvalue weighted by Gasteiger charge is -2.06. The molecule has 0 aromatic carbocycles. The molecule has 0 saturated heterocycles. The molecule has 2 heteroatoms. The Bertz CT molecular complexity index is 210. The van der Waals surface area contributed by atoms with E-state index in [0.29, 0.717) is 6.42 Å². The van der Waals surface area contributed by atoms with Gasteiger partial charge in [0, 0.05) is 1.37 Å². The average molecular weight is 124 g/mol. The molecule has 1 aliphatic rings. The number of allylic oxidation sites excluding steroid dienone is 3. The summed E-state index contributed by atoms with van der Waals surface area (Å²) in [6, 6.07) is 0. The third kappa shape index (κ3) is 1.42. The lowest BCUT2D eigenvalue weighted by atomic mass is 10.0. The van der Waals surface area contributed by atoms with Gasteiger partial charge in [0.25, 0.3) is 0 Å². The highest BCUT2D eigenvalue weighted by atomic mass is 16.1. The maximum atomic E-state index is 10.6. The van der Waals surface area contributed by atoms with Crippen LogP contribution in [-0.4, -0.2) is 5.91 Å². The summed E-state index contributed by atoms with van der Waals surface area (Å²) in [6.07, 6.45) is 7.13. The summed E-state index contributed by atoms with van der Waals surface area (Å²) in [5, 5.41) is 0. The van der Waals surface area contributed by atoms with Crippen molar-refractivity contribution < 1.29 is 6.17 Å². The van der Waals surface area contributed by atoms with Crippen LogP contribution in [0, 0.1) is 5.89 Å². The fraction of sp³-hybridized carbons (Fsp3) is 0.286. The summed E-state index contributed by atoms with van der Waals surface area (Å²) in [7, 11) is 0. The molecule has 0 aliphatic heterocycles. The molecule has 2 nitrogen and oxygen atoms in total. The molecule has 1 unspecified atom stereocenters. The minimum Gasteiger partial charge on any atom is -0.369 e. The van der Waals surface area contributed by atoms with Gasteiger partial charge in [-0.1, -0.05) is 24.3 Å². The van der Waals surface area contributed by atoms with Crippen LogP contribution in [0.25, 0.3) is 0 Å². The third-order valence-electron chi connectivity index (χ3n) is 1.20. The van der Waals surface area contributed by atoms with E-state index >= 15 is 0 Å². The number of rotatable bonds is 1. The van der Waals surface area contributed by atoms with Crippen molar-refractivity contribution in [1.82, 2.24) is 0 Å². The second kappa shape index (κ2) is 2.49. The number of primary amides is 1. The van der Waals surface area contributed by atoms with E-state index in [1.807, 2.05) is 0 Å². The molecule has 0 fully saturated rings. The zero-order valence-electron chi connectivity index (χ0n) is 6.00. The molecule has 1 rings (SSSR count). The monoisotopic (exact) mass is 124 g/mol. The van der Waals surface area contributed by atoms with E-state index in [2.05, 4.69) is 0 Å². The number of carbonyl (C=O) groups excluding carboxylic acids is 1. The van der Waals surface area contributed by atoms with Gasteiger partial charge in [0.2, 0.25) is 5.91 Å². The van der Waals surface area contributed by atoms with Crippen LogP contribution in [0.4, 0.5) is 0 Å². The van der Waals surface area contributed by atoms with Crippen molar-refractivity contribution in [3.05, 3.63) is 24.3 Å². The molecule has 48 valence electrons. The number of hydrogen-bond donors (Lipinski definition) is 1. The van der Waals surface area contributed by atoms with Gasteiger partial charge in [0.15, 0.2) is 0 Å². The Morgan fingerprint density at radius 1 is 1.78 bits per heavy atom. The standard InChI is InChI=1S/C7H9NO/c8-7(9)6-4-2-1-3-5-6/h1-4,6H,5H2,(H2,8,9)/i6D. The zero-order chi connectivity index (χ0) is 7.61. The Morgan fingerprint density at radius 3 is 2.89 bits per heavy atom. The van der Waals surface area contributed by atoms with E-state index in [0.717, 1.165) is 0 Å². The largest absolute Gasteiger partial charge is 0.369 e. The fourth-order valence-corrected chi connectivity index (χ4v) is 0.696. The van der Waals surface area contributed by atoms with Gasteiger partial charge < -0.3 is 5.73 Å². The lowest BCUT2D eigenvalue weighted by Crippen LogP contribution is -2.21. The normalized spacial score (nSPS) is 34.0. The van der Waals surface area contributed by atoms with Crippen molar-refractivity contribution in [3.8, 4) is 0 Å². The predicted molar refractivity (Wildman–Crippen MR) is 35.6 cm³/mol. The number of hydrogen-bond acceptors (Lipinski definition) is 1. The summed E-state index contributed by atoms with van der Waals surface area (Å²) in [5.41, 5.74) is 4.99. The Labute approximate surface area is 55.5 Å². The van der Waals surface area contributed by atoms with Gasteiger partial charge in [-0.05, 0) is 6.42 Å². The minimum absolute atomic E-state index is 0.388. The molecule has 0 radical (unpaired) electrons. The van der Waals surface area contributed by atoms with Crippen LogP contribution >= 0.6 is 0 Å². The number of amides is 1. The van der Waals surface area contributed by atoms with Crippen molar-refractivity contribution in [1.29, 1.82) is 0 Å². The third-order valence-corrected chi connectivity index (χ3v) is 1.20. The van der Waals surface area contributed by atoms with Crippen molar-refractivity contribution >= 4 is 5.91 Å². The SMILES string of the molecule is [2H]C1(C(N)=O)C=CC=CC1. The van der Waals surface area contributed by atoms with Crippen LogP contribution < -0.4 is 5.73 Å². The highest BCUT2D eigenvalue weighted by molar-refractivity contribution is 5.78. The second-order valence-corrected chi connectivity index (χ2v) is 1.88. The van der Waals surface area contributed by atoms with E-state index in [4.69, 9.17) is 7.10 Å². The molecule has 1 amide bonds. The first-order valence-electron chi connectivity index (χ1n) is 3.29. The second-order valence-electron chi connectivity index (χ2n) is 1.88. The van der Waals surface area contributed by atoms with Crippen LogP contribution in [-0.2, 0) is 4.79 Å². The lowest BCUT2D eigenvalue weighted by molar-refractivity contribution is -0.120. The quantitative estimate of drug-likeness (QED) is 0.546. The first kappa shape index (κ1) is 4.79. The molecule has 0 aromatic rings. The highest BCUT2D eigenvalue weighted by Gasteiger charge is 2.09. The van der Waals surface area contributed by atoms with Gasteiger partial charge in [0.05, 0.1) is 5.89 Å². The minimum atomic E-state index is -1.20. The zero-order valence-corrected chi connectivity index (χ0v) is 5.00. The van der Waals surface area contributed by atoms with E-state index in [-0.39, 0.29) is 0 Å². The average Bonchev–Trinajstić information content (AvgIpc) is 1.89. The number of carbonyl (C=O) groups is 1. The molecule has 0 saturated carbocycles. The summed E-state index contributed by atoms with van der Waals surface area (Å²) < 4.78 is 7.46. The molecule has 0 aromatic heterocycles. The van der Waals surface area contributed by atoms with Crippen LogP contribution in [0.1, 0.15) is 7.79 Å². The summed E-state index contributed by atoms with van der Waals surface area (Å²) in [4.78, 5) is 10.6. The van der Waals surface area contributed by atoms with E-state index in [1.165, 1.54) is 6.08 Å². The molecular weight excluding hydrogens is 114 g/mol. The molecule has 0 bridgehead atoms. The van der Waals surface area contributed by atoms with Crippen molar-refractivity contribution in [2.45, 2.75) is 6.42 Å². The van der Waals surface area contributed by atoms with E-state index in [1.54, 1.807) is 18.2 Å². The van der Waals surface area contributed by atoms with E-state index in [9.17, 15) is 4.79 Å². The van der Waals surface area contributed by atoms with Gasteiger partial charge in [-0.15, -0.1) is 0 Å². The van der Waals surface area contributed by atoms with Gasteiger partial charge in [0.1, 0.15) is 0 Å². The van der Waals surface area contributed by atoms with Crippen LogP contribution in [0.2, 0.25) is 0 Å². The summed E-state index contributed by atoms with van der Waals surface area (Å²) in [6.45, 7) is 0. The topological polar surface area (TPSA) is 43.1 Å². The summed E-state index contributed by atoms with van der Waals surface area (Å²) >= 11 is 0. The molecule has 9 heavy (non-hydrogen) atoms. The van der Waals surface area contributed by atoms with Crippen LogP contribution in [0.3, 0.4) is 0 Å².